The lowest BCUT2D eigenvalue weighted by Gasteiger charge is -2.15. The number of aromatic nitrogens is 2. The number of aromatic hydroxyl groups is 1. The van der Waals surface area contributed by atoms with Crippen LogP contribution in [0.25, 0.3) is 10.9 Å². The van der Waals surface area contributed by atoms with Crippen molar-refractivity contribution in [1.82, 2.24) is 9.97 Å². The standard InChI is InChI=1S/C22H17ClFN3O3/c1-29-22-20(30-12-13-4-7-25-8-5-13)3-2-14-17(6-9-26-21(14)22)27-18-11-19(28)15(23)10-16(18)24/h2-11,28H,12H2,1H3,(H,26,27). The van der Waals surface area contributed by atoms with Gasteiger partial charge < -0.3 is 19.9 Å². The van der Waals surface area contributed by atoms with E-state index in [1.807, 2.05) is 18.2 Å². The van der Waals surface area contributed by atoms with Crippen LogP contribution < -0.4 is 14.8 Å². The van der Waals surface area contributed by atoms with Gasteiger partial charge in [0.1, 0.15) is 23.7 Å². The molecule has 0 saturated heterocycles. The Morgan fingerprint density at radius 2 is 1.87 bits per heavy atom. The third kappa shape index (κ3) is 3.92. The Morgan fingerprint density at radius 3 is 2.63 bits per heavy atom. The molecule has 2 aromatic carbocycles. The van der Waals surface area contributed by atoms with E-state index in [-0.39, 0.29) is 16.5 Å². The largest absolute Gasteiger partial charge is 0.506 e. The first-order valence-electron chi connectivity index (χ1n) is 8.99. The van der Waals surface area contributed by atoms with Crippen LogP contribution in [0.4, 0.5) is 15.8 Å². The number of pyridine rings is 2. The molecule has 6 nitrogen and oxygen atoms in total. The Kier molecular flexibility index (Phi) is 5.54. The third-order valence-corrected chi connectivity index (χ3v) is 4.79. The first kappa shape index (κ1) is 19.7. The summed E-state index contributed by atoms with van der Waals surface area (Å²) in [7, 11) is 1.53. The minimum atomic E-state index is -0.591. The minimum Gasteiger partial charge on any atom is -0.506 e. The van der Waals surface area contributed by atoms with E-state index in [4.69, 9.17) is 21.1 Å². The number of phenolic OH excluding ortho intramolecular Hbond substituents is 1. The molecule has 2 aromatic heterocycles. The van der Waals surface area contributed by atoms with Crippen molar-refractivity contribution in [3.8, 4) is 17.2 Å². The lowest BCUT2D eigenvalue weighted by atomic mass is 10.1. The normalized spacial score (nSPS) is 10.8. The van der Waals surface area contributed by atoms with E-state index < -0.39 is 5.82 Å². The highest BCUT2D eigenvalue weighted by Gasteiger charge is 2.15. The van der Waals surface area contributed by atoms with Gasteiger partial charge in [0.2, 0.25) is 0 Å². The molecule has 4 rings (SSSR count). The maximum absolute atomic E-state index is 14.3. The summed E-state index contributed by atoms with van der Waals surface area (Å²) in [5.41, 5.74) is 2.18. The Labute approximate surface area is 176 Å². The van der Waals surface area contributed by atoms with Gasteiger partial charge in [0, 0.05) is 35.7 Å². The summed E-state index contributed by atoms with van der Waals surface area (Å²) in [6.07, 6.45) is 4.97. The average molecular weight is 426 g/mol. The summed E-state index contributed by atoms with van der Waals surface area (Å²) in [6.45, 7) is 0.345. The molecule has 0 radical (unpaired) electrons. The van der Waals surface area contributed by atoms with Crippen LogP contribution in [-0.2, 0) is 6.61 Å². The van der Waals surface area contributed by atoms with Crippen molar-refractivity contribution in [3.63, 3.8) is 0 Å². The van der Waals surface area contributed by atoms with Gasteiger partial charge in [0.05, 0.1) is 17.8 Å². The average Bonchev–Trinajstić information content (AvgIpc) is 2.76. The Hall–Kier alpha value is -3.58. The third-order valence-electron chi connectivity index (χ3n) is 4.48. The summed E-state index contributed by atoms with van der Waals surface area (Å²) < 4.78 is 25.7. The summed E-state index contributed by atoms with van der Waals surface area (Å²) in [5, 5.41) is 13.4. The quantitative estimate of drug-likeness (QED) is 0.427. The van der Waals surface area contributed by atoms with Gasteiger partial charge in [-0.25, -0.2) is 4.39 Å². The van der Waals surface area contributed by atoms with Gasteiger partial charge in [-0.05, 0) is 42.0 Å². The maximum Gasteiger partial charge on any atom is 0.187 e. The predicted octanol–water partition coefficient (Wildman–Crippen LogP) is 5.46. The van der Waals surface area contributed by atoms with Crippen LogP contribution in [0.2, 0.25) is 5.02 Å². The highest BCUT2D eigenvalue weighted by Crippen LogP contribution is 2.39. The number of hydrogen-bond acceptors (Lipinski definition) is 6. The molecule has 8 heteroatoms. The second-order valence-electron chi connectivity index (χ2n) is 6.40. The zero-order valence-electron chi connectivity index (χ0n) is 15.9. The van der Waals surface area contributed by atoms with Crippen molar-refractivity contribution in [2.24, 2.45) is 0 Å². The molecule has 0 atom stereocenters. The van der Waals surface area contributed by atoms with Gasteiger partial charge in [-0.3, -0.25) is 9.97 Å². The molecule has 0 amide bonds. The second kappa shape index (κ2) is 8.42. The van der Waals surface area contributed by atoms with E-state index >= 15 is 0 Å². The van der Waals surface area contributed by atoms with E-state index in [1.165, 1.54) is 13.2 Å². The van der Waals surface area contributed by atoms with Gasteiger partial charge in [0.25, 0.3) is 0 Å². The van der Waals surface area contributed by atoms with Gasteiger partial charge in [0.15, 0.2) is 11.5 Å². The number of halogens is 2. The number of phenols is 1. The molecule has 4 aromatic rings. The number of fused-ring (bicyclic) bond motifs is 1. The first-order chi connectivity index (χ1) is 14.6. The van der Waals surface area contributed by atoms with Crippen molar-refractivity contribution in [3.05, 3.63) is 77.5 Å². The van der Waals surface area contributed by atoms with Gasteiger partial charge in [-0.15, -0.1) is 0 Å². The van der Waals surface area contributed by atoms with Crippen LogP contribution in [0.5, 0.6) is 17.2 Å². The van der Waals surface area contributed by atoms with Crippen molar-refractivity contribution in [1.29, 1.82) is 0 Å². The molecule has 0 aliphatic rings. The van der Waals surface area contributed by atoms with Crippen molar-refractivity contribution in [2.75, 3.05) is 12.4 Å². The fourth-order valence-corrected chi connectivity index (χ4v) is 3.16. The monoisotopic (exact) mass is 425 g/mol. The van der Waals surface area contributed by atoms with E-state index in [1.54, 1.807) is 30.7 Å². The number of benzene rings is 2. The zero-order chi connectivity index (χ0) is 21.1. The summed E-state index contributed by atoms with van der Waals surface area (Å²) in [5.74, 6) is 0.182. The highest BCUT2D eigenvalue weighted by atomic mass is 35.5. The fourth-order valence-electron chi connectivity index (χ4n) is 3.01. The predicted molar refractivity (Wildman–Crippen MR) is 113 cm³/mol. The molecule has 0 aliphatic carbocycles. The minimum absolute atomic E-state index is 0.0599. The molecular weight excluding hydrogens is 409 g/mol. The molecule has 2 heterocycles. The van der Waals surface area contributed by atoms with E-state index in [2.05, 4.69) is 15.3 Å². The fraction of sp³-hybridized carbons (Fsp3) is 0.0909. The number of nitrogens with zero attached hydrogens (tertiary/aromatic N) is 2. The van der Waals surface area contributed by atoms with Crippen LogP contribution in [0.15, 0.2) is 61.1 Å². The van der Waals surface area contributed by atoms with Gasteiger partial charge in [-0.1, -0.05) is 11.6 Å². The van der Waals surface area contributed by atoms with Crippen molar-refractivity contribution in [2.45, 2.75) is 6.61 Å². The number of rotatable bonds is 6. The summed E-state index contributed by atoms with van der Waals surface area (Å²) in [4.78, 5) is 8.39. The maximum atomic E-state index is 14.3. The van der Waals surface area contributed by atoms with E-state index in [0.29, 0.717) is 34.7 Å². The summed E-state index contributed by atoms with van der Waals surface area (Å²) in [6, 6.07) is 11.3. The molecule has 2 N–H and O–H groups in total. The molecule has 0 fully saturated rings. The molecule has 30 heavy (non-hydrogen) atoms. The molecule has 152 valence electrons. The first-order valence-corrected chi connectivity index (χ1v) is 9.37. The molecule has 0 aliphatic heterocycles. The Bertz CT molecular complexity index is 1210. The molecule has 0 spiro atoms. The highest BCUT2D eigenvalue weighted by molar-refractivity contribution is 6.32. The zero-order valence-corrected chi connectivity index (χ0v) is 16.7. The topological polar surface area (TPSA) is 76.5 Å². The molecule has 0 saturated carbocycles. The van der Waals surface area contributed by atoms with Crippen LogP contribution in [-0.4, -0.2) is 22.2 Å². The van der Waals surface area contributed by atoms with E-state index in [9.17, 15) is 9.50 Å². The number of methoxy groups -OCH3 is 1. The molecule has 0 unspecified atom stereocenters. The molecular formula is C22H17ClFN3O3. The van der Waals surface area contributed by atoms with Crippen molar-refractivity contribution < 1.29 is 19.0 Å². The van der Waals surface area contributed by atoms with Gasteiger partial charge in [-0.2, -0.15) is 0 Å². The lowest BCUT2D eigenvalue weighted by Crippen LogP contribution is -2.00. The Morgan fingerprint density at radius 1 is 1.07 bits per heavy atom. The summed E-state index contributed by atoms with van der Waals surface area (Å²) >= 11 is 5.75. The SMILES string of the molecule is COc1c(OCc2ccncc2)ccc2c(Nc3cc(O)c(Cl)cc3F)ccnc12. The number of hydrogen-bond donors (Lipinski definition) is 2. The van der Waals surface area contributed by atoms with Crippen LogP contribution in [0.1, 0.15) is 5.56 Å². The second-order valence-corrected chi connectivity index (χ2v) is 6.81. The van der Waals surface area contributed by atoms with Crippen LogP contribution in [0, 0.1) is 5.82 Å². The number of anilines is 2. The van der Waals surface area contributed by atoms with Crippen molar-refractivity contribution >= 4 is 33.9 Å². The lowest BCUT2D eigenvalue weighted by molar-refractivity contribution is 0.286. The van der Waals surface area contributed by atoms with Gasteiger partial charge >= 0.3 is 0 Å². The van der Waals surface area contributed by atoms with Crippen LogP contribution >= 0.6 is 11.6 Å². The van der Waals surface area contributed by atoms with Crippen LogP contribution in [0.3, 0.4) is 0 Å². The Balaban J connectivity index is 1.69. The van der Waals surface area contributed by atoms with E-state index in [0.717, 1.165) is 11.6 Å². The molecule has 0 bridgehead atoms. The number of ether oxygens (including phenoxy) is 2. The smallest absolute Gasteiger partial charge is 0.187 e. The number of nitrogens with one attached hydrogen (secondary N) is 1.